The number of aliphatic hydroxyl groups is 1. The maximum absolute atomic E-state index is 13.9. The molecule has 0 aliphatic heterocycles. The second-order valence-corrected chi connectivity index (χ2v) is 5.47. The Labute approximate surface area is 127 Å². The number of benzene rings is 2. The summed E-state index contributed by atoms with van der Waals surface area (Å²) in [5.74, 6) is -1.42. The number of halogens is 5. The van der Waals surface area contributed by atoms with Gasteiger partial charge < -0.3 is 5.11 Å². The maximum Gasteiger partial charge on any atom is 0.419 e. The third kappa shape index (κ3) is 3.83. The first-order valence-corrected chi connectivity index (χ1v) is 6.86. The molecule has 1 atom stereocenters. The van der Waals surface area contributed by atoms with E-state index in [-0.39, 0.29) is 12.0 Å². The normalized spacial score (nSPS) is 13.2. The van der Waals surface area contributed by atoms with Gasteiger partial charge in [0, 0.05) is 16.5 Å². The van der Waals surface area contributed by atoms with Crippen LogP contribution in [0.25, 0.3) is 0 Å². The Kier molecular flexibility index (Phi) is 4.68. The molecule has 112 valence electrons. The Bertz CT molecular complexity index is 623. The highest BCUT2D eigenvalue weighted by molar-refractivity contribution is 9.10. The van der Waals surface area contributed by atoms with Crippen molar-refractivity contribution in [3.63, 3.8) is 0 Å². The largest absolute Gasteiger partial charge is 0.419 e. The molecule has 0 radical (unpaired) electrons. The van der Waals surface area contributed by atoms with Crippen molar-refractivity contribution >= 4 is 15.9 Å². The summed E-state index contributed by atoms with van der Waals surface area (Å²) in [4.78, 5) is 0. The quantitative estimate of drug-likeness (QED) is 0.771. The molecule has 0 fully saturated rings. The highest BCUT2D eigenvalue weighted by atomic mass is 79.9. The van der Waals surface area contributed by atoms with E-state index in [2.05, 4.69) is 15.9 Å². The standard InChI is InChI=1S/C15H11BrF4O/c16-10-6-4-9(5-7-10)8-13(21)11-2-1-3-12(14(11)17)15(18,19)20/h1-7,13,21H,8H2. The smallest absolute Gasteiger partial charge is 0.388 e. The van der Waals surface area contributed by atoms with Crippen LogP contribution in [0, 0.1) is 5.82 Å². The van der Waals surface area contributed by atoms with E-state index in [1.807, 2.05) is 0 Å². The number of alkyl halides is 3. The zero-order chi connectivity index (χ0) is 15.6. The summed E-state index contributed by atoms with van der Waals surface area (Å²) in [5, 5.41) is 10.00. The Morgan fingerprint density at radius 3 is 2.24 bits per heavy atom. The molecular formula is C15H11BrF4O. The summed E-state index contributed by atoms with van der Waals surface area (Å²) in [6.45, 7) is 0. The van der Waals surface area contributed by atoms with Gasteiger partial charge >= 0.3 is 6.18 Å². The van der Waals surface area contributed by atoms with Gasteiger partial charge in [-0.2, -0.15) is 13.2 Å². The van der Waals surface area contributed by atoms with Crippen LogP contribution in [0.2, 0.25) is 0 Å². The molecule has 0 aromatic heterocycles. The van der Waals surface area contributed by atoms with Gasteiger partial charge in [0.25, 0.3) is 0 Å². The van der Waals surface area contributed by atoms with Gasteiger partial charge in [-0.05, 0) is 23.8 Å². The van der Waals surface area contributed by atoms with E-state index in [0.29, 0.717) is 11.6 Å². The number of hydrogen-bond donors (Lipinski definition) is 1. The topological polar surface area (TPSA) is 20.2 Å². The van der Waals surface area contributed by atoms with Gasteiger partial charge in [-0.25, -0.2) is 4.39 Å². The summed E-state index contributed by atoms with van der Waals surface area (Å²) in [5.41, 5.74) is -1.02. The lowest BCUT2D eigenvalue weighted by Gasteiger charge is -2.15. The SMILES string of the molecule is OC(Cc1ccc(Br)cc1)c1cccc(C(F)(F)F)c1F. The van der Waals surface area contributed by atoms with Crippen molar-refractivity contribution in [2.45, 2.75) is 18.7 Å². The fourth-order valence-electron chi connectivity index (χ4n) is 1.98. The zero-order valence-corrected chi connectivity index (χ0v) is 12.2. The monoisotopic (exact) mass is 362 g/mol. The minimum Gasteiger partial charge on any atom is -0.388 e. The van der Waals surface area contributed by atoms with Gasteiger partial charge in [0.1, 0.15) is 5.82 Å². The fraction of sp³-hybridized carbons (Fsp3) is 0.200. The van der Waals surface area contributed by atoms with Gasteiger partial charge in [-0.3, -0.25) is 0 Å². The molecule has 0 aliphatic carbocycles. The average Bonchev–Trinajstić information content (AvgIpc) is 2.40. The van der Waals surface area contributed by atoms with E-state index in [4.69, 9.17) is 0 Å². The fourth-order valence-corrected chi connectivity index (χ4v) is 2.24. The molecule has 0 heterocycles. The lowest BCUT2D eigenvalue weighted by Crippen LogP contribution is -2.12. The molecule has 0 bridgehead atoms. The van der Waals surface area contributed by atoms with Crippen LogP contribution < -0.4 is 0 Å². The van der Waals surface area contributed by atoms with Crippen LogP contribution in [0.1, 0.15) is 22.8 Å². The molecule has 0 spiro atoms. The highest BCUT2D eigenvalue weighted by Crippen LogP contribution is 2.34. The van der Waals surface area contributed by atoms with Crippen molar-refractivity contribution in [3.8, 4) is 0 Å². The van der Waals surface area contributed by atoms with Crippen LogP contribution in [0.4, 0.5) is 17.6 Å². The maximum atomic E-state index is 13.9. The number of rotatable bonds is 3. The van der Waals surface area contributed by atoms with E-state index < -0.39 is 23.7 Å². The summed E-state index contributed by atoms with van der Waals surface area (Å²) in [7, 11) is 0. The molecular weight excluding hydrogens is 352 g/mol. The minimum atomic E-state index is -4.78. The second-order valence-electron chi connectivity index (χ2n) is 4.55. The van der Waals surface area contributed by atoms with E-state index in [9.17, 15) is 22.7 Å². The Balaban J connectivity index is 2.27. The molecule has 2 aromatic rings. The Hall–Kier alpha value is -1.40. The zero-order valence-electron chi connectivity index (χ0n) is 10.7. The molecule has 0 amide bonds. The van der Waals surface area contributed by atoms with Crippen LogP contribution in [0.3, 0.4) is 0 Å². The second kappa shape index (κ2) is 6.15. The van der Waals surface area contributed by atoms with Crippen LogP contribution in [-0.2, 0) is 12.6 Å². The molecule has 2 rings (SSSR count). The summed E-state index contributed by atoms with van der Waals surface area (Å²) < 4.78 is 52.6. The lowest BCUT2D eigenvalue weighted by atomic mass is 9.99. The van der Waals surface area contributed by atoms with Crippen LogP contribution >= 0.6 is 15.9 Å². The summed E-state index contributed by atoms with van der Waals surface area (Å²) in [6.07, 6.45) is -6.09. The third-order valence-electron chi connectivity index (χ3n) is 3.04. The van der Waals surface area contributed by atoms with Gasteiger partial charge in [-0.1, -0.05) is 40.2 Å². The van der Waals surface area contributed by atoms with E-state index in [0.717, 1.165) is 16.6 Å². The van der Waals surface area contributed by atoms with Gasteiger partial charge in [0.15, 0.2) is 0 Å². The molecule has 1 unspecified atom stereocenters. The first-order chi connectivity index (χ1) is 9.79. The first kappa shape index (κ1) is 16.0. The van der Waals surface area contributed by atoms with Gasteiger partial charge in [0.2, 0.25) is 0 Å². The molecule has 0 aliphatic rings. The van der Waals surface area contributed by atoms with E-state index in [1.165, 1.54) is 0 Å². The van der Waals surface area contributed by atoms with Crippen LogP contribution in [-0.4, -0.2) is 5.11 Å². The highest BCUT2D eigenvalue weighted by Gasteiger charge is 2.35. The minimum absolute atomic E-state index is 0.0332. The van der Waals surface area contributed by atoms with Gasteiger partial charge in [-0.15, -0.1) is 0 Å². The molecule has 1 nitrogen and oxygen atoms in total. The molecule has 1 N–H and O–H groups in total. The van der Waals surface area contributed by atoms with Crippen molar-refractivity contribution in [1.82, 2.24) is 0 Å². The molecule has 2 aromatic carbocycles. The van der Waals surface area contributed by atoms with Crippen molar-refractivity contribution < 1.29 is 22.7 Å². The molecule has 21 heavy (non-hydrogen) atoms. The first-order valence-electron chi connectivity index (χ1n) is 6.07. The van der Waals surface area contributed by atoms with E-state index >= 15 is 0 Å². The van der Waals surface area contributed by atoms with Crippen molar-refractivity contribution in [2.75, 3.05) is 0 Å². The predicted molar refractivity (Wildman–Crippen MR) is 74.2 cm³/mol. The Morgan fingerprint density at radius 2 is 1.67 bits per heavy atom. The van der Waals surface area contributed by atoms with Crippen LogP contribution in [0.15, 0.2) is 46.9 Å². The summed E-state index contributed by atoms with van der Waals surface area (Å²) in [6, 6.07) is 9.80. The van der Waals surface area contributed by atoms with Crippen LogP contribution in [0.5, 0.6) is 0 Å². The number of hydrogen-bond acceptors (Lipinski definition) is 1. The average molecular weight is 363 g/mol. The van der Waals surface area contributed by atoms with E-state index in [1.54, 1.807) is 24.3 Å². The molecule has 0 saturated carbocycles. The third-order valence-corrected chi connectivity index (χ3v) is 3.56. The number of aliphatic hydroxyl groups excluding tert-OH is 1. The van der Waals surface area contributed by atoms with Crippen molar-refractivity contribution in [2.24, 2.45) is 0 Å². The predicted octanol–water partition coefficient (Wildman–Crippen LogP) is 4.88. The van der Waals surface area contributed by atoms with Crippen molar-refractivity contribution in [3.05, 3.63) is 69.4 Å². The lowest BCUT2D eigenvalue weighted by molar-refractivity contribution is -0.140. The molecule has 6 heteroatoms. The van der Waals surface area contributed by atoms with Crippen molar-refractivity contribution in [1.29, 1.82) is 0 Å². The molecule has 0 saturated heterocycles. The summed E-state index contributed by atoms with van der Waals surface area (Å²) >= 11 is 3.25. The van der Waals surface area contributed by atoms with Gasteiger partial charge in [0.05, 0.1) is 11.7 Å². The Morgan fingerprint density at radius 1 is 1.05 bits per heavy atom.